The highest BCUT2D eigenvalue weighted by molar-refractivity contribution is 5.84. The fourth-order valence-corrected chi connectivity index (χ4v) is 1.31. The van der Waals surface area contributed by atoms with E-state index in [1.807, 2.05) is 5.32 Å². The fourth-order valence-electron chi connectivity index (χ4n) is 1.31. The minimum atomic E-state index is -3.78. The summed E-state index contributed by atoms with van der Waals surface area (Å²) in [5.41, 5.74) is -0.614. The Hall–Kier alpha value is -2.25. The first kappa shape index (κ1) is 15.8. The van der Waals surface area contributed by atoms with Crippen molar-refractivity contribution >= 4 is 12.0 Å². The summed E-state index contributed by atoms with van der Waals surface area (Å²) in [6, 6.07) is 3.36. The van der Waals surface area contributed by atoms with Crippen molar-refractivity contribution in [2.45, 2.75) is 5.92 Å². The van der Waals surface area contributed by atoms with Crippen LogP contribution in [0.2, 0.25) is 0 Å². The monoisotopic (exact) mass is 290 g/mol. The summed E-state index contributed by atoms with van der Waals surface area (Å²) in [5, 5.41) is 4.18. The molecule has 2 N–H and O–H groups in total. The van der Waals surface area contributed by atoms with Crippen molar-refractivity contribution in [3.63, 3.8) is 0 Å². The van der Waals surface area contributed by atoms with E-state index in [0.29, 0.717) is 0 Å². The highest BCUT2D eigenvalue weighted by Crippen LogP contribution is 2.28. The number of ether oxygens (including phenoxy) is 1. The molecule has 110 valence electrons. The van der Waals surface area contributed by atoms with E-state index in [1.165, 1.54) is 0 Å². The number of methoxy groups -OCH3 is 1. The Labute approximate surface area is 113 Å². The Bertz CT molecular complexity index is 477. The third-order valence-corrected chi connectivity index (χ3v) is 2.36. The van der Waals surface area contributed by atoms with Gasteiger partial charge in [0.15, 0.2) is 0 Å². The molecule has 5 nitrogen and oxygen atoms in total. The van der Waals surface area contributed by atoms with E-state index in [2.05, 4.69) is 10.1 Å². The second-order valence-corrected chi connectivity index (χ2v) is 3.76. The van der Waals surface area contributed by atoms with Crippen LogP contribution in [0.25, 0.3) is 0 Å². The van der Waals surface area contributed by atoms with Crippen molar-refractivity contribution in [1.29, 1.82) is 0 Å². The second-order valence-electron chi connectivity index (χ2n) is 3.76. The average Bonchev–Trinajstić information content (AvgIpc) is 2.43. The van der Waals surface area contributed by atoms with E-state index < -0.39 is 29.3 Å². The summed E-state index contributed by atoms with van der Waals surface area (Å²) in [5.74, 6) is -5.98. The lowest BCUT2D eigenvalue weighted by molar-refractivity contribution is -0.146. The number of carbonyl (C=O) groups is 2. The third kappa shape index (κ3) is 4.15. The number of nitrogens with one attached hydrogen (secondary N) is 2. The smallest absolute Gasteiger partial charge is 0.406 e. The molecule has 8 heteroatoms. The van der Waals surface area contributed by atoms with Crippen LogP contribution in [-0.2, 0) is 15.5 Å². The van der Waals surface area contributed by atoms with Gasteiger partial charge in [-0.25, -0.2) is 9.18 Å². The summed E-state index contributed by atoms with van der Waals surface area (Å²) < 4.78 is 44.3. The number of alkyl carbamates (subject to hydrolysis) is 1. The van der Waals surface area contributed by atoms with Gasteiger partial charge in [-0.3, -0.25) is 4.79 Å². The van der Waals surface area contributed by atoms with Crippen molar-refractivity contribution in [1.82, 2.24) is 10.6 Å². The van der Waals surface area contributed by atoms with Gasteiger partial charge >= 0.3 is 12.0 Å². The number of halogens is 3. The molecular formula is C12H13F3N2O3. The van der Waals surface area contributed by atoms with Crippen molar-refractivity contribution < 1.29 is 27.5 Å². The second kappa shape index (κ2) is 6.78. The number of hydrogen-bond acceptors (Lipinski definition) is 3. The van der Waals surface area contributed by atoms with Crippen LogP contribution in [0.15, 0.2) is 24.3 Å². The third-order valence-electron chi connectivity index (χ3n) is 2.36. The summed E-state index contributed by atoms with van der Waals surface area (Å²) in [6.07, 6.45) is -0.732. The molecular weight excluding hydrogens is 277 g/mol. The number of rotatable bonds is 5. The first-order chi connectivity index (χ1) is 9.37. The molecule has 0 bridgehead atoms. The van der Waals surface area contributed by atoms with E-state index in [4.69, 9.17) is 0 Å². The molecule has 0 atom stereocenters. The normalized spacial score (nSPS) is 10.8. The number of hydrogen-bond donors (Lipinski definition) is 2. The van der Waals surface area contributed by atoms with Gasteiger partial charge in [0.2, 0.25) is 0 Å². The van der Waals surface area contributed by atoms with Crippen LogP contribution in [0.3, 0.4) is 0 Å². The Kier molecular flexibility index (Phi) is 5.36. The van der Waals surface area contributed by atoms with Gasteiger partial charge in [-0.1, -0.05) is 0 Å². The molecule has 0 aromatic heterocycles. The maximum Gasteiger partial charge on any atom is 0.406 e. The fraction of sp³-hybridized carbons (Fsp3) is 0.333. The molecule has 0 saturated heterocycles. The molecule has 0 radical (unpaired) electrons. The SMILES string of the molecule is COC(=O)NCCNC(=O)C(F)(F)c1ccc(F)cc1. The minimum absolute atomic E-state index is 0.0576. The average molecular weight is 290 g/mol. The Morgan fingerprint density at radius 2 is 1.70 bits per heavy atom. The highest BCUT2D eigenvalue weighted by atomic mass is 19.3. The molecule has 20 heavy (non-hydrogen) atoms. The van der Waals surface area contributed by atoms with Gasteiger partial charge < -0.3 is 15.4 Å². The first-order valence-corrected chi connectivity index (χ1v) is 5.62. The molecule has 0 heterocycles. The van der Waals surface area contributed by atoms with E-state index in [0.717, 1.165) is 31.4 Å². The largest absolute Gasteiger partial charge is 0.453 e. The quantitative estimate of drug-likeness (QED) is 0.805. The molecule has 1 aromatic rings. The highest BCUT2D eigenvalue weighted by Gasteiger charge is 2.40. The first-order valence-electron chi connectivity index (χ1n) is 5.62. The molecule has 0 unspecified atom stereocenters. The van der Waals surface area contributed by atoms with Crippen molar-refractivity contribution in [3.8, 4) is 0 Å². The predicted octanol–water partition coefficient (Wildman–Crippen LogP) is 1.39. The zero-order chi connectivity index (χ0) is 15.2. The summed E-state index contributed by atoms with van der Waals surface area (Å²) in [7, 11) is 1.15. The van der Waals surface area contributed by atoms with Crippen LogP contribution in [0.5, 0.6) is 0 Å². The van der Waals surface area contributed by atoms with E-state index in [-0.39, 0.29) is 13.1 Å². The minimum Gasteiger partial charge on any atom is -0.453 e. The van der Waals surface area contributed by atoms with Crippen LogP contribution in [0.1, 0.15) is 5.56 Å². The molecule has 0 aliphatic carbocycles. The van der Waals surface area contributed by atoms with Gasteiger partial charge in [0, 0.05) is 18.7 Å². The van der Waals surface area contributed by atoms with Gasteiger partial charge in [-0.15, -0.1) is 0 Å². The topological polar surface area (TPSA) is 67.4 Å². The number of amides is 2. The molecule has 1 aromatic carbocycles. The van der Waals surface area contributed by atoms with Crippen molar-refractivity contribution in [3.05, 3.63) is 35.6 Å². The molecule has 0 aliphatic heterocycles. The van der Waals surface area contributed by atoms with Crippen LogP contribution >= 0.6 is 0 Å². The molecule has 1 rings (SSSR count). The molecule has 0 saturated carbocycles. The van der Waals surface area contributed by atoms with Gasteiger partial charge in [-0.05, 0) is 24.3 Å². The zero-order valence-electron chi connectivity index (χ0n) is 10.6. The molecule has 0 spiro atoms. The van der Waals surface area contributed by atoms with Gasteiger partial charge in [0.1, 0.15) is 5.82 Å². The summed E-state index contributed by atoms with van der Waals surface area (Å²) in [6.45, 7) is -0.247. The molecule has 0 aliphatic rings. The van der Waals surface area contributed by atoms with E-state index in [1.54, 1.807) is 0 Å². The Balaban J connectivity index is 2.52. The van der Waals surface area contributed by atoms with Gasteiger partial charge in [0.25, 0.3) is 5.91 Å². The van der Waals surface area contributed by atoms with Crippen molar-refractivity contribution in [2.24, 2.45) is 0 Å². The summed E-state index contributed by atoms with van der Waals surface area (Å²) >= 11 is 0. The lowest BCUT2D eigenvalue weighted by Gasteiger charge is -2.16. The number of carbonyl (C=O) groups excluding carboxylic acids is 2. The predicted molar refractivity (Wildman–Crippen MR) is 63.7 cm³/mol. The van der Waals surface area contributed by atoms with Crippen LogP contribution in [0, 0.1) is 5.82 Å². The molecule has 0 fully saturated rings. The lowest BCUT2D eigenvalue weighted by Crippen LogP contribution is -2.42. The lowest BCUT2D eigenvalue weighted by atomic mass is 10.1. The van der Waals surface area contributed by atoms with Crippen LogP contribution in [0.4, 0.5) is 18.0 Å². The van der Waals surface area contributed by atoms with Gasteiger partial charge in [0.05, 0.1) is 7.11 Å². The number of benzene rings is 1. The number of alkyl halides is 2. The summed E-state index contributed by atoms with van der Waals surface area (Å²) in [4.78, 5) is 22.0. The maximum absolute atomic E-state index is 13.7. The maximum atomic E-state index is 13.7. The van der Waals surface area contributed by atoms with Crippen molar-refractivity contribution in [2.75, 3.05) is 20.2 Å². The zero-order valence-corrected chi connectivity index (χ0v) is 10.6. The van der Waals surface area contributed by atoms with Crippen LogP contribution in [-0.4, -0.2) is 32.2 Å². The van der Waals surface area contributed by atoms with Crippen LogP contribution < -0.4 is 10.6 Å². The van der Waals surface area contributed by atoms with E-state index in [9.17, 15) is 22.8 Å². The Morgan fingerprint density at radius 1 is 1.15 bits per heavy atom. The van der Waals surface area contributed by atoms with Gasteiger partial charge in [-0.2, -0.15) is 8.78 Å². The Morgan fingerprint density at radius 3 is 2.25 bits per heavy atom. The van der Waals surface area contributed by atoms with E-state index >= 15 is 0 Å². The standard InChI is InChI=1S/C12H13F3N2O3/c1-20-11(19)17-7-6-16-10(18)12(14,15)8-2-4-9(13)5-3-8/h2-5H,6-7H2,1H3,(H,16,18)(H,17,19). The molecule has 2 amide bonds.